The third-order valence-corrected chi connectivity index (χ3v) is 8.50. The van der Waals surface area contributed by atoms with Crippen LogP contribution in [0.1, 0.15) is 73.6 Å². The zero-order valence-electron chi connectivity index (χ0n) is 15.9. The first-order valence-electron chi connectivity index (χ1n) is 9.67. The molecule has 0 heterocycles. The smallest absolute Gasteiger partial charge is 0.0795 e. The van der Waals surface area contributed by atoms with E-state index in [1.165, 1.54) is 19.3 Å². The van der Waals surface area contributed by atoms with Crippen LogP contribution in [0.3, 0.4) is 0 Å². The van der Waals surface area contributed by atoms with Crippen LogP contribution in [0.2, 0.25) is 0 Å². The molecule has 2 saturated carbocycles. The van der Waals surface area contributed by atoms with E-state index in [1.807, 2.05) is 0 Å². The molecule has 6 atom stereocenters. The van der Waals surface area contributed by atoms with Crippen molar-refractivity contribution < 1.29 is 5.21 Å². The van der Waals surface area contributed by atoms with Gasteiger partial charge in [0, 0.05) is 0 Å². The lowest BCUT2D eigenvalue weighted by molar-refractivity contribution is -0.0715. The number of oxime groups is 1. The van der Waals surface area contributed by atoms with Crippen LogP contribution in [-0.2, 0) is 0 Å². The Morgan fingerprint density at radius 3 is 2.52 bits per heavy atom. The molecule has 0 spiro atoms. The SMILES string of the molecule is CC(C)C1(C)CC[C@H]2C(C[C@H](C)C3=C/C(=N/O)CCC32C)C1C. The topological polar surface area (TPSA) is 32.6 Å². The van der Waals surface area contributed by atoms with E-state index in [1.54, 1.807) is 5.57 Å². The highest BCUT2D eigenvalue weighted by atomic mass is 16.4. The second kappa shape index (κ2) is 5.63. The van der Waals surface area contributed by atoms with Crippen LogP contribution in [0.15, 0.2) is 16.8 Å². The summed E-state index contributed by atoms with van der Waals surface area (Å²) in [5, 5.41) is 12.7. The second-order valence-electron chi connectivity index (χ2n) is 9.50. The number of fused-ring (bicyclic) bond motifs is 3. The monoisotopic (exact) mass is 317 g/mol. The first-order chi connectivity index (χ1) is 10.7. The molecule has 3 aliphatic carbocycles. The molecule has 2 fully saturated rings. The summed E-state index contributed by atoms with van der Waals surface area (Å²) in [6.07, 6.45) is 8.37. The van der Waals surface area contributed by atoms with E-state index in [9.17, 15) is 5.21 Å². The van der Waals surface area contributed by atoms with E-state index in [-0.39, 0.29) is 0 Å². The quantitative estimate of drug-likeness (QED) is 0.473. The van der Waals surface area contributed by atoms with Crippen molar-refractivity contribution in [2.24, 2.45) is 45.6 Å². The first-order valence-corrected chi connectivity index (χ1v) is 9.67. The number of hydrogen-bond acceptors (Lipinski definition) is 2. The fraction of sp³-hybridized carbons (Fsp3) is 0.857. The normalized spacial score (nSPS) is 48.8. The Morgan fingerprint density at radius 1 is 1.22 bits per heavy atom. The van der Waals surface area contributed by atoms with Gasteiger partial charge in [-0.1, -0.05) is 52.3 Å². The lowest BCUT2D eigenvalue weighted by Crippen LogP contribution is -2.53. The molecule has 23 heavy (non-hydrogen) atoms. The van der Waals surface area contributed by atoms with E-state index < -0.39 is 0 Å². The van der Waals surface area contributed by atoms with Gasteiger partial charge in [-0.2, -0.15) is 0 Å². The fourth-order valence-corrected chi connectivity index (χ4v) is 6.39. The van der Waals surface area contributed by atoms with Gasteiger partial charge in [0.15, 0.2) is 0 Å². The molecule has 2 nitrogen and oxygen atoms in total. The summed E-state index contributed by atoms with van der Waals surface area (Å²) in [6, 6.07) is 0. The molecule has 0 amide bonds. The molecule has 0 aliphatic heterocycles. The molecular formula is C21H35NO. The fourth-order valence-electron chi connectivity index (χ4n) is 6.39. The van der Waals surface area contributed by atoms with Gasteiger partial charge in [-0.3, -0.25) is 0 Å². The lowest BCUT2D eigenvalue weighted by atomic mass is 9.44. The van der Waals surface area contributed by atoms with Crippen LogP contribution in [-0.4, -0.2) is 10.9 Å². The molecule has 0 aromatic heterocycles. The molecule has 0 bridgehead atoms. The molecular weight excluding hydrogens is 282 g/mol. The molecule has 2 heteroatoms. The van der Waals surface area contributed by atoms with Crippen molar-refractivity contribution in [3.8, 4) is 0 Å². The van der Waals surface area contributed by atoms with E-state index in [0.29, 0.717) is 16.7 Å². The number of allylic oxidation sites excluding steroid dienone is 2. The number of nitrogens with zero attached hydrogens (tertiary/aromatic N) is 1. The van der Waals surface area contributed by atoms with Crippen LogP contribution >= 0.6 is 0 Å². The molecule has 0 radical (unpaired) electrons. The van der Waals surface area contributed by atoms with E-state index >= 15 is 0 Å². The Labute approximate surface area is 142 Å². The zero-order chi connectivity index (χ0) is 17.0. The van der Waals surface area contributed by atoms with Crippen molar-refractivity contribution in [1.82, 2.24) is 0 Å². The average molecular weight is 318 g/mol. The zero-order valence-corrected chi connectivity index (χ0v) is 15.9. The van der Waals surface area contributed by atoms with Crippen LogP contribution in [0.5, 0.6) is 0 Å². The van der Waals surface area contributed by atoms with Crippen LogP contribution in [0, 0.1) is 40.4 Å². The number of rotatable bonds is 1. The minimum atomic E-state index is 0.323. The Bertz CT molecular complexity index is 534. The van der Waals surface area contributed by atoms with Crippen molar-refractivity contribution in [3.05, 3.63) is 11.6 Å². The third-order valence-electron chi connectivity index (χ3n) is 8.50. The summed E-state index contributed by atoms with van der Waals surface area (Å²) in [4.78, 5) is 0. The first kappa shape index (κ1) is 17.0. The molecule has 3 rings (SSSR count). The Hall–Kier alpha value is -0.790. The highest BCUT2D eigenvalue weighted by Crippen LogP contribution is 2.63. The van der Waals surface area contributed by atoms with Crippen molar-refractivity contribution in [2.45, 2.75) is 73.6 Å². The third kappa shape index (κ3) is 2.39. The largest absolute Gasteiger partial charge is 0.411 e. The summed E-state index contributed by atoms with van der Waals surface area (Å²) in [6.45, 7) is 14.8. The van der Waals surface area contributed by atoms with Gasteiger partial charge >= 0.3 is 0 Å². The van der Waals surface area contributed by atoms with Crippen molar-refractivity contribution in [1.29, 1.82) is 0 Å². The number of hydrogen-bond donors (Lipinski definition) is 1. The van der Waals surface area contributed by atoms with E-state index in [2.05, 4.69) is 52.8 Å². The molecule has 1 N–H and O–H groups in total. The highest BCUT2D eigenvalue weighted by molar-refractivity contribution is 5.96. The van der Waals surface area contributed by atoms with Gasteiger partial charge in [0.25, 0.3) is 0 Å². The van der Waals surface area contributed by atoms with Gasteiger partial charge in [-0.15, -0.1) is 0 Å². The Kier molecular flexibility index (Phi) is 4.18. The molecule has 4 unspecified atom stereocenters. The summed E-state index contributed by atoms with van der Waals surface area (Å²) in [5.74, 6) is 3.84. The van der Waals surface area contributed by atoms with Crippen molar-refractivity contribution >= 4 is 5.71 Å². The summed E-state index contributed by atoms with van der Waals surface area (Å²) in [5.41, 5.74) is 3.27. The molecule has 0 aromatic carbocycles. The van der Waals surface area contributed by atoms with Gasteiger partial charge in [0.05, 0.1) is 5.71 Å². The average Bonchev–Trinajstić information content (AvgIpc) is 2.51. The summed E-state index contributed by atoms with van der Waals surface area (Å²) < 4.78 is 0. The maximum Gasteiger partial charge on any atom is 0.0795 e. The predicted octanol–water partition coefficient (Wildman–Crippen LogP) is 5.91. The molecule has 0 saturated heterocycles. The second-order valence-corrected chi connectivity index (χ2v) is 9.50. The standard InChI is InChI=1S/C21H35NO/c1-13(2)20(5)10-8-18-17(15(20)4)11-14(3)19-12-16(22-23)7-9-21(18,19)6/h12-15,17-18,23H,7-11H2,1-6H3/b22-16+/t14-,15?,17?,18-,20?,21?/m0/s1. The van der Waals surface area contributed by atoms with Gasteiger partial charge in [-0.25, -0.2) is 0 Å². The minimum absolute atomic E-state index is 0.323. The van der Waals surface area contributed by atoms with Crippen molar-refractivity contribution in [3.63, 3.8) is 0 Å². The van der Waals surface area contributed by atoms with Crippen molar-refractivity contribution in [2.75, 3.05) is 0 Å². The van der Waals surface area contributed by atoms with Gasteiger partial charge in [0.1, 0.15) is 0 Å². The van der Waals surface area contributed by atoms with Gasteiger partial charge in [-0.05, 0) is 78.6 Å². The lowest BCUT2D eigenvalue weighted by Gasteiger charge is -2.60. The highest BCUT2D eigenvalue weighted by Gasteiger charge is 2.55. The maximum absolute atomic E-state index is 9.20. The van der Waals surface area contributed by atoms with Crippen LogP contribution in [0.25, 0.3) is 0 Å². The maximum atomic E-state index is 9.20. The van der Waals surface area contributed by atoms with Crippen LogP contribution < -0.4 is 0 Å². The Morgan fingerprint density at radius 2 is 1.91 bits per heavy atom. The van der Waals surface area contributed by atoms with Crippen LogP contribution in [0.4, 0.5) is 0 Å². The molecule has 3 aliphatic rings. The summed E-state index contributed by atoms with van der Waals surface area (Å²) in [7, 11) is 0. The van der Waals surface area contributed by atoms with E-state index in [4.69, 9.17) is 0 Å². The molecule has 130 valence electrons. The summed E-state index contributed by atoms with van der Waals surface area (Å²) >= 11 is 0. The van der Waals surface area contributed by atoms with E-state index in [0.717, 1.165) is 42.2 Å². The Balaban J connectivity index is 1.97. The molecule has 0 aromatic rings. The van der Waals surface area contributed by atoms with Gasteiger partial charge in [0.2, 0.25) is 0 Å². The predicted molar refractivity (Wildman–Crippen MR) is 96.7 cm³/mol. The minimum Gasteiger partial charge on any atom is -0.411 e. The van der Waals surface area contributed by atoms with Gasteiger partial charge < -0.3 is 5.21 Å².